The summed E-state index contributed by atoms with van der Waals surface area (Å²) in [4.78, 5) is 0.199. The van der Waals surface area contributed by atoms with Crippen molar-refractivity contribution in [1.82, 2.24) is 0 Å². The lowest BCUT2D eigenvalue weighted by Gasteiger charge is -2.25. The molecule has 0 saturated heterocycles. The minimum atomic E-state index is -3.68. The largest absolute Gasteiger partial charge is 0.264 e. The molecular formula is C16H15Cl2NO2S. The number of fused-ring (bicyclic) bond motifs is 1. The van der Waals surface area contributed by atoms with Crippen LogP contribution >= 0.6 is 23.2 Å². The lowest BCUT2D eigenvalue weighted by Crippen LogP contribution is -2.36. The molecule has 0 spiro atoms. The Morgan fingerprint density at radius 3 is 2.50 bits per heavy atom. The van der Waals surface area contributed by atoms with Gasteiger partial charge in [-0.2, -0.15) is 0 Å². The van der Waals surface area contributed by atoms with E-state index in [0.29, 0.717) is 17.0 Å². The van der Waals surface area contributed by atoms with E-state index >= 15 is 0 Å². The first-order valence-corrected chi connectivity index (χ1v) is 9.10. The zero-order valence-electron chi connectivity index (χ0n) is 12.2. The Hall–Kier alpha value is -1.23. The summed E-state index contributed by atoms with van der Waals surface area (Å²) in [6, 6.07) is 10.5. The maximum absolute atomic E-state index is 13.1. The van der Waals surface area contributed by atoms with Crippen molar-refractivity contribution in [2.24, 2.45) is 0 Å². The van der Waals surface area contributed by atoms with Crippen LogP contribution < -0.4 is 4.31 Å². The molecule has 0 amide bonds. The summed E-state index contributed by atoms with van der Waals surface area (Å²) in [6.45, 7) is 3.63. The number of sulfonamides is 1. The van der Waals surface area contributed by atoms with E-state index in [-0.39, 0.29) is 16.0 Å². The molecule has 6 heteroatoms. The standard InChI is InChI=1S/C16H15Cl2NO2S/c1-10-7-13(17)14(18)9-16(10)22(20,21)19-11(2)8-12-5-3-4-6-15(12)19/h3-7,9,11H,8H2,1-2H3/t11-/m0/s1. The average molecular weight is 356 g/mol. The van der Waals surface area contributed by atoms with Crippen LogP contribution in [0.5, 0.6) is 0 Å². The average Bonchev–Trinajstić information content (AvgIpc) is 2.79. The van der Waals surface area contributed by atoms with Crippen LogP contribution in [0, 0.1) is 6.92 Å². The fourth-order valence-corrected chi connectivity index (χ4v) is 5.29. The van der Waals surface area contributed by atoms with E-state index in [2.05, 4.69) is 0 Å². The van der Waals surface area contributed by atoms with Gasteiger partial charge >= 0.3 is 0 Å². The van der Waals surface area contributed by atoms with Crippen LogP contribution in [-0.4, -0.2) is 14.5 Å². The molecule has 0 aliphatic carbocycles. The first kappa shape index (κ1) is 15.7. The van der Waals surface area contributed by atoms with Gasteiger partial charge in [-0.3, -0.25) is 4.31 Å². The molecule has 3 nitrogen and oxygen atoms in total. The molecule has 1 heterocycles. The normalized spacial score (nSPS) is 17.6. The Kier molecular flexibility index (Phi) is 3.87. The van der Waals surface area contributed by atoms with Gasteiger partial charge in [0.25, 0.3) is 10.0 Å². The zero-order valence-corrected chi connectivity index (χ0v) is 14.5. The minimum Gasteiger partial charge on any atom is -0.263 e. The van der Waals surface area contributed by atoms with E-state index in [4.69, 9.17) is 23.2 Å². The number of aryl methyl sites for hydroxylation is 1. The fourth-order valence-electron chi connectivity index (χ4n) is 2.92. The Bertz CT molecular complexity index is 849. The molecule has 0 unspecified atom stereocenters. The van der Waals surface area contributed by atoms with Gasteiger partial charge in [0, 0.05) is 6.04 Å². The van der Waals surface area contributed by atoms with Gasteiger partial charge < -0.3 is 0 Å². The number of anilines is 1. The highest BCUT2D eigenvalue weighted by atomic mass is 35.5. The second-order valence-electron chi connectivity index (χ2n) is 5.51. The van der Waals surface area contributed by atoms with Crippen molar-refractivity contribution in [3.05, 3.63) is 57.6 Å². The second kappa shape index (κ2) is 5.44. The molecule has 0 aromatic heterocycles. The third-order valence-corrected chi connectivity index (χ3v) is 6.69. The van der Waals surface area contributed by atoms with Crippen molar-refractivity contribution in [2.45, 2.75) is 31.2 Å². The number of hydrogen-bond acceptors (Lipinski definition) is 2. The molecule has 2 aromatic rings. The van der Waals surface area contributed by atoms with Crippen LogP contribution in [0.25, 0.3) is 0 Å². The number of hydrogen-bond donors (Lipinski definition) is 0. The molecule has 0 saturated carbocycles. The summed E-state index contributed by atoms with van der Waals surface area (Å²) in [5, 5.41) is 0.596. The van der Waals surface area contributed by atoms with Gasteiger partial charge in [-0.15, -0.1) is 0 Å². The molecule has 116 valence electrons. The first-order chi connectivity index (χ1) is 10.3. The van der Waals surface area contributed by atoms with Gasteiger partial charge in [0.05, 0.1) is 20.6 Å². The van der Waals surface area contributed by atoms with Crippen molar-refractivity contribution in [3.8, 4) is 0 Å². The lowest BCUT2D eigenvalue weighted by molar-refractivity contribution is 0.583. The molecule has 2 aromatic carbocycles. The Morgan fingerprint density at radius 1 is 1.14 bits per heavy atom. The summed E-state index contributed by atoms with van der Waals surface area (Å²) in [6.07, 6.45) is 0.704. The molecule has 0 radical (unpaired) electrons. The quantitative estimate of drug-likeness (QED) is 0.798. The molecule has 0 fully saturated rings. The highest BCUT2D eigenvalue weighted by Gasteiger charge is 2.36. The summed E-state index contributed by atoms with van der Waals surface area (Å²) >= 11 is 12.0. The predicted octanol–water partition coefficient (Wildman–Crippen LogP) is 4.44. The van der Waals surface area contributed by atoms with Crippen LogP contribution in [-0.2, 0) is 16.4 Å². The van der Waals surface area contributed by atoms with Crippen molar-refractivity contribution in [3.63, 3.8) is 0 Å². The third-order valence-electron chi connectivity index (χ3n) is 3.90. The van der Waals surface area contributed by atoms with E-state index in [1.807, 2.05) is 31.2 Å². The maximum Gasteiger partial charge on any atom is 0.264 e. The monoisotopic (exact) mass is 355 g/mol. The van der Waals surface area contributed by atoms with Gasteiger partial charge in [0.15, 0.2) is 0 Å². The van der Waals surface area contributed by atoms with E-state index in [1.165, 1.54) is 10.4 Å². The van der Waals surface area contributed by atoms with Crippen LogP contribution in [0.1, 0.15) is 18.1 Å². The highest BCUT2D eigenvalue weighted by molar-refractivity contribution is 7.93. The smallest absolute Gasteiger partial charge is 0.263 e. The van der Waals surface area contributed by atoms with Crippen LogP contribution in [0.4, 0.5) is 5.69 Å². The molecule has 1 aliphatic heterocycles. The molecule has 0 bridgehead atoms. The maximum atomic E-state index is 13.1. The number of benzene rings is 2. The van der Waals surface area contributed by atoms with E-state index in [0.717, 1.165) is 11.3 Å². The number of nitrogens with zero attached hydrogens (tertiary/aromatic N) is 1. The van der Waals surface area contributed by atoms with Crippen molar-refractivity contribution in [1.29, 1.82) is 0 Å². The van der Waals surface area contributed by atoms with Gasteiger partial charge in [-0.1, -0.05) is 41.4 Å². The SMILES string of the molecule is Cc1cc(Cl)c(Cl)cc1S(=O)(=O)N1c2ccccc2C[C@@H]1C. The lowest BCUT2D eigenvalue weighted by atomic mass is 10.1. The summed E-state index contributed by atoms with van der Waals surface area (Å²) < 4.78 is 27.7. The second-order valence-corrected chi connectivity index (χ2v) is 8.11. The van der Waals surface area contributed by atoms with Gasteiger partial charge in [-0.25, -0.2) is 8.42 Å². The summed E-state index contributed by atoms with van der Waals surface area (Å²) in [5.74, 6) is 0. The number of halogens is 2. The van der Waals surface area contributed by atoms with Crippen LogP contribution in [0.2, 0.25) is 10.0 Å². The number of rotatable bonds is 2. The van der Waals surface area contributed by atoms with Crippen LogP contribution in [0.15, 0.2) is 41.3 Å². The summed E-state index contributed by atoms with van der Waals surface area (Å²) in [7, 11) is -3.68. The zero-order chi connectivity index (χ0) is 16.1. The Balaban J connectivity index is 2.17. The third kappa shape index (κ3) is 2.39. The molecule has 22 heavy (non-hydrogen) atoms. The molecule has 3 rings (SSSR count). The first-order valence-electron chi connectivity index (χ1n) is 6.90. The Labute approximate surface area is 140 Å². The van der Waals surface area contributed by atoms with Crippen molar-refractivity contribution >= 4 is 38.9 Å². The van der Waals surface area contributed by atoms with Crippen molar-refractivity contribution in [2.75, 3.05) is 4.31 Å². The van der Waals surface area contributed by atoms with E-state index in [9.17, 15) is 8.42 Å². The van der Waals surface area contributed by atoms with E-state index < -0.39 is 10.0 Å². The highest BCUT2D eigenvalue weighted by Crippen LogP contribution is 2.38. The molecule has 1 aliphatic rings. The summed E-state index contributed by atoms with van der Waals surface area (Å²) in [5.41, 5.74) is 2.36. The fraction of sp³-hybridized carbons (Fsp3) is 0.250. The number of para-hydroxylation sites is 1. The van der Waals surface area contributed by atoms with Gasteiger partial charge in [0.1, 0.15) is 0 Å². The van der Waals surface area contributed by atoms with Gasteiger partial charge in [0.2, 0.25) is 0 Å². The minimum absolute atomic E-state index is 0.128. The predicted molar refractivity (Wildman–Crippen MR) is 90.5 cm³/mol. The molecule has 1 atom stereocenters. The molecular weight excluding hydrogens is 341 g/mol. The van der Waals surface area contributed by atoms with Crippen LogP contribution in [0.3, 0.4) is 0 Å². The van der Waals surface area contributed by atoms with Crippen molar-refractivity contribution < 1.29 is 8.42 Å². The van der Waals surface area contributed by atoms with E-state index in [1.54, 1.807) is 13.0 Å². The molecule has 0 N–H and O–H groups in total. The topological polar surface area (TPSA) is 37.4 Å². The Morgan fingerprint density at radius 2 is 1.77 bits per heavy atom. The van der Waals surface area contributed by atoms with Gasteiger partial charge in [-0.05, 0) is 49.6 Å².